The van der Waals surface area contributed by atoms with Gasteiger partial charge in [-0.3, -0.25) is 14.6 Å². The number of carbonyl (C=O) groups is 1. The van der Waals surface area contributed by atoms with Crippen molar-refractivity contribution in [3.8, 4) is 0 Å². The monoisotopic (exact) mass is 422 g/mol. The highest BCUT2D eigenvalue weighted by atomic mass is 19.4. The molecule has 1 aliphatic carbocycles. The summed E-state index contributed by atoms with van der Waals surface area (Å²) in [4.78, 5) is 16.5. The summed E-state index contributed by atoms with van der Waals surface area (Å²) in [5, 5.41) is 6.66. The van der Waals surface area contributed by atoms with Crippen LogP contribution in [0.2, 0.25) is 0 Å². The van der Waals surface area contributed by atoms with Crippen LogP contribution < -0.4 is 5.32 Å². The van der Waals surface area contributed by atoms with E-state index in [4.69, 9.17) is 4.52 Å². The lowest BCUT2D eigenvalue weighted by Gasteiger charge is -2.34. The van der Waals surface area contributed by atoms with Crippen LogP contribution in [0.5, 0.6) is 0 Å². The maximum atomic E-state index is 13.1. The molecule has 1 fully saturated rings. The van der Waals surface area contributed by atoms with E-state index in [0.29, 0.717) is 13.1 Å². The number of hydrogen-bond donors (Lipinski definition) is 1. The second kappa shape index (κ2) is 8.77. The third-order valence-electron chi connectivity index (χ3n) is 5.74. The molecule has 162 valence electrons. The Morgan fingerprint density at radius 3 is 2.53 bits per heavy atom. The fourth-order valence-corrected chi connectivity index (χ4v) is 4.12. The highest BCUT2D eigenvalue weighted by molar-refractivity contribution is 5.93. The van der Waals surface area contributed by atoms with Crippen molar-refractivity contribution in [2.45, 2.75) is 38.4 Å². The second-order valence-corrected chi connectivity index (χ2v) is 7.88. The van der Waals surface area contributed by atoms with Crippen LogP contribution in [0.25, 0.3) is 0 Å². The molecule has 0 radical (unpaired) electrons. The molecular formula is C21H25F3N4O2. The molecule has 0 spiro atoms. The first-order valence-electron chi connectivity index (χ1n) is 10.3. The minimum Gasteiger partial charge on any atom is -0.361 e. The fraction of sp³-hybridized carbons (Fsp3) is 0.524. The lowest BCUT2D eigenvalue weighted by Crippen LogP contribution is -2.48. The number of carbonyl (C=O) groups excluding carboxylic acids is 1. The molecular weight excluding hydrogens is 397 g/mol. The number of aromatic nitrogens is 1. The van der Waals surface area contributed by atoms with Gasteiger partial charge >= 0.3 is 6.18 Å². The molecule has 9 heteroatoms. The molecule has 30 heavy (non-hydrogen) atoms. The van der Waals surface area contributed by atoms with Gasteiger partial charge in [0.2, 0.25) is 5.91 Å². The lowest BCUT2D eigenvalue weighted by atomic mass is 9.96. The zero-order valence-corrected chi connectivity index (χ0v) is 16.7. The van der Waals surface area contributed by atoms with E-state index in [-0.39, 0.29) is 12.2 Å². The summed E-state index contributed by atoms with van der Waals surface area (Å²) in [6.45, 7) is 3.70. The second-order valence-electron chi connectivity index (χ2n) is 7.88. The van der Waals surface area contributed by atoms with Gasteiger partial charge in [-0.05, 0) is 31.4 Å². The molecule has 0 saturated carbocycles. The molecule has 1 saturated heterocycles. The first-order valence-corrected chi connectivity index (χ1v) is 10.3. The van der Waals surface area contributed by atoms with E-state index in [1.54, 1.807) is 0 Å². The van der Waals surface area contributed by atoms with Gasteiger partial charge in [0.05, 0.1) is 17.8 Å². The SMILES string of the molecule is O=C(CN1CCN(Cc2noc3c2CCCC3)CC1)Nc1ccccc1C(F)(F)F. The van der Waals surface area contributed by atoms with Crippen LogP contribution in [-0.4, -0.2) is 53.6 Å². The predicted molar refractivity (Wildman–Crippen MR) is 105 cm³/mol. The van der Waals surface area contributed by atoms with Gasteiger partial charge in [0.1, 0.15) is 11.5 Å². The molecule has 0 bridgehead atoms. The number of alkyl halides is 3. The maximum absolute atomic E-state index is 13.1. The van der Waals surface area contributed by atoms with Crippen LogP contribution in [-0.2, 0) is 30.4 Å². The molecule has 1 amide bonds. The number of rotatable bonds is 5. The smallest absolute Gasteiger partial charge is 0.361 e. The van der Waals surface area contributed by atoms with Crippen LogP contribution in [0.15, 0.2) is 28.8 Å². The summed E-state index contributed by atoms with van der Waals surface area (Å²) in [6, 6.07) is 5.03. The number of nitrogens with one attached hydrogen (secondary N) is 1. The summed E-state index contributed by atoms with van der Waals surface area (Å²) in [5.74, 6) is 0.580. The Morgan fingerprint density at radius 1 is 1.07 bits per heavy atom. The molecule has 1 aromatic heterocycles. The maximum Gasteiger partial charge on any atom is 0.418 e. The number of anilines is 1. The van der Waals surface area contributed by atoms with Crippen molar-refractivity contribution in [3.05, 3.63) is 46.8 Å². The lowest BCUT2D eigenvalue weighted by molar-refractivity contribution is -0.137. The van der Waals surface area contributed by atoms with Gasteiger partial charge in [0, 0.05) is 44.7 Å². The Hall–Kier alpha value is -2.39. The van der Waals surface area contributed by atoms with Crippen molar-refractivity contribution in [2.24, 2.45) is 0 Å². The summed E-state index contributed by atoms with van der Waals surface area (Å²) in [5.41, 5.74) is 1.23. The number of aryl methyl sites for hydroxylation is 1. The number of fused-ring (bicyclic) bond motifs is 1. The summed E-state index contributed by atoms with van der Waals surface area (Å²) < 4.78 is 44.7. The topological polar surface area (TPSA) is 61.6 Å². The van der Waals surface area contributed by atoms with E-state index < -0.39 is 17.6 Å². The average Bonchev–Trinajstić information content (AvgIpc) is 3.12. The predicted octanol–water partition coefficient (Wildman–Crippen LogP) is 3.33. The molecule has 2 aromatic rings. The van der Waals surface area contributed by atoms with Crippen molar-refractivity contribution in [2.75, 3.05) is 38.0 Å². The third-order valence-corrected chi connectivity index (χ3v) is 5.74. The van der Waals surface area contributed by atoms with Gasteiger partial charge in [0.15, 0.2) is 0 Å². The summed E-state index contributed by atoms with van der Waals surface area (Å²) >= 11 is 0. The molecule has 1 aliphatic heterocycles. The Kier molecular flexibility index (Phi) is 6.10. The van der Waals surface area contributed by atoms with Gasteiger partial charge in [-0.25, -0.2) is 0 Å². The van der Waals surface area contributed by atoms with Gasteiger partial charge in [-0.1, -0.05) is 17.3 Å². The van der Waals surface area contributed by atoms with Gasteiger partial charge in [-0.2, -0.15) is 13.2 Å². The van der Waals surface area contributed by atoms with Crippen molar-refractivity contribution in [1.82, 2.24) is 15.0 Å². The van der Waals surface area contributed by atoms with Crippen LogP contribution in [0.4, 0.5) is 18.9 Å². The fourth-order valence-electron chi connectivity index (χ4n) is 4.12. The molecule has 1 aromatic carbocycles. The van der Waals surface area contributed by atoms with E-state index in [0.717, 1.165) is 56.4 Å². The number of piperazine rings is 1. The van der Waals surface area contributed by atoms with Crippen molar-refractivity contribution in [1.29, 1.82) is 0 Å². The molecule has 4 rings (SSSR count). The van der Waals surface area contributed by atoms with Crippen LogP contribution in [0, 0.1) is 0 Å². The first-order chi connectivity index (χ1) is 14.4. The van der Waals surface area contributed by atoms with Crippen molar-refractivity contribution < 1.29 is 22.5 Å². The normalized spacial score (nSPS) is 18.2. The Balaban J connectivity index is 1.27. The number of nitrogens with zero attached hydrogens (tertiary/aromatic N) is 3. The third kappa shape index (κ3) is 4.84. The molecule has 2 heterocycles. The van der Waals surface area contributed by atoms with Crippen LogP contribution in [0.3, 0.4) is 0 Å². The highest BCUT2D eigenvalue weighted by Gasteiger charge is 2.33. The van der Waals surface area contributed by atoms with Gasteiger partial charge in [0.25, 0.3) is 0 Å². The number of hydrogen-bond acceptors (Lipinski definition) is 5. The van der Waals surface area contributed by atoms with Crippen molar-refractivity contribution in [3.63, 3.8) is 0 Å². The number of benzene rings is 1. The minimum absolute atomic E-state index is 0.0688. The molecule has 0 unspecified atom stereocenters. The van der Waals surface area contributed by atoms with E-state index in [2.05, 4.69) is 15.4 Å². The van der Waals surface area contributed by atoms with Crippen molar-refractivity contribution >= 4 is 11.6 Å². The van der Waals surface area contributed by atoms with Gasteiger partial charge < -0.3 is 9.84 Å². The molecule has 1 N–H and O–H groups in total. The standard InChI is InChI=1S/C21H25F3N4O2/c22-21(23,24)16-6-2-3-7-17(16)25-20(29)14-28-11-9-27(10-12-28)13-18-15-5-1-4-8-19(15)30-26-18/h2-3,6-7H,1,4-5,8-14H2,(H,25,29). The van der Waals surface area contributed by atoms with E-state index in [1.165, 1.54) is 30.2 Å². The zero-order chi connectivity index (χ0) is 21.1. The quantitative estimate of drug-likeness (QED) is 0.801. The number of para-hydroxylation sites is 1. The van der Waals surface area contributed by atoms with Crippen LogP contribution in [0.1, 0.15) is 35.4 Å². The van der Waals surface area contributed by atoms with E-state index >= 15 is 0 Å². The average molecular weight is 422 g/mol. The zero-order valence-electron chi connectivity index (χ0n) is 16.7. The highest BCUT2D eigenvalue weighted by Crippen LogP contribution is 2.34. The van der Waals surface area contributed by atoms with E-state index in [1.807, 2.05) is 4.90 Å². The van der Waals surface area contributed by atoms with E-state index in [9.17, 15) is 18.0 Å². The minimum atomic E-state index is -4.50. The van der Waals surface area contributed by atoms with Gasteiger partial charge in [-0.15, -0.1) is 0 Å². The Morgan fingerprint density at radius 2 is 1.77 bits per heavy atom. The molecule has 6 nitrogen and oxygen atoms in total. The number of halogens is 3. The Bertz CT molecular complexity index is 889. The largest absolute Gasteiger partial charge is 0.418 e. The molecule has 0 atom stereocenters. The summed E-state index contributed by atoms with van der Waals surface area (Å²) in [7, 11) is 0. The summed E-state index contributed by atoms with van der Waals surface area (Å²) in [6.07, 6.45) is -0.205. The molecule has 2 aliphatic rings. The first kappa shape index (κ1) is 20.9. The Labute approximate surface area is 173 Å². The van der Waals surface area contributed by atoms with Crippen LogP contribution >= 0.6 is 0 Å². The number of amides is 1.